The molecule has 0 aliphatic heterocycles. The zero-order chi connectivity index (χ0) is 20.4. The van der Waals surface area contributed by atoms with Crippen molar-refractivity contribution < 1.29 is 9.47 Å². The zero-order valence-electron chi connectivity index (χ0n) is 16.0. The molecule has 8 heteroatoms. The number of nitriles is 1. The van der Waals surface area contributed by atoms with Crippen molar-refractivity contribution in [2.75, 3.05) is 13.7 Å². The standard InChI is InChI=1S/C21H20BrN3O3S/c1-27-15-11-12(10-14(22)18(15)28-9-8-23)19-24-20(26)17-13-6-4-2-3-5-7-16(13)29-21(17)25-19/h10-11H,2-7,9H2,1H3,(H,24,25,26). The number of rotatable bonds is 4. The number of ether oxygens (including phenoxy) is 2. The minimum atomic E-state index is -0.0945. The summed E-state index contributed by atoms with van der Waals surface area (Å²) in [6, 6.07) is 5.51. The van der Waals surface area contributed by atoms with Crippen molar-refractivity contribution >= 4 is 37.5 Å². The van der Waals surface area contributed by atoms with Gasteiger partial charge in [-0.3, -0.25) is 4.79 Å². The van der Waals surface area contributed by atoms with E-state index in [1.165, 1.54) is 36.8 Å². The average Bonchev–Trinajstić information content (AvgIpc) is 3.03. The molecule has 0 saturated heterocycles. The summed E-state index contributed by atoms with van der Waals surface area (Å²) in [5.41, 5.74) is 1.80. The van der Waals surface area contributed by atoms with E-state index in [2.05, 4.69) is 20.9 Å². The average molecular weight is 474 g/mol. The molecule has 1 aliphatic carbocycles. The van der Waals surface area contributed by atoms with Crippen molar-refractivity contribution in [2.24, 2.45) is 0 Å². The van der Waals surface area contributed by atoms with Crippen LogP contribution in [0.1, 0.15) is 36.1 Å². The van der Waals surface area contributed by atoms with Crippen molar-refractivity contribution in [1.82, 2.24) is 9.97 Å². The fourth-order valence-corrected chi connectivity index (χ4v) is 5.57. The summed E-state index contributed by atoms with van der Waals surface area (Å²) in [5.74, 6) is 1.40. The fraction of sp³-hybridized carbons (Fsp3) is 0.381. The number of halogens is 1. The number of hydrogen-bond donors (Lipinski definition) is 1. The Bertz CT molecular complexity index is 1160. The van der Waals surface area contributed by atoms with E-state index in [9.17, 15) is 4.79 Å². The van der Waals surface area contributed by atoms with Gasteiger partial charge in [0.05, 0.1) is 17.0 Å². The Morgan fingerprint density at radius 2 is 2.07 bits per heavy atom. The number of aromatic nitrogens is 2. The first-order valence-corrected chi connectivity index (χ1v) is 11.2. The Hall–Kier alpha value is -2.37. The number of aryl methyl sites for hydroxylation is 2. The van der Waals surface area contributed by atoms with Gasteiger partial charge in [0.1, 0.15) is 16.7 Å². The number of fused-ring (bicyclic) bond motifs is 3. The van der Waals surface area contributed by atoms with E-state index in [0.29, 0.717) is 27.4 Å². The smallest absolute Gasteiger partial charge is 0.260 e. The molecule has 150 valence electrons. The number of nitrogens with one attached hydrogen (secondary N) is 1. The van der Waals surface area contributed by atoms with Crippen LogP contribution in [0.4, 0.5) is 0 Å². The number of methoxy groups -OCH3 is 1. The van der Waals surface area contributed by atoms with Crippen molar-refractivity contribution in [3.63, 3.8) is 0 Å². The molecule has 1 N–H and O–H groups in total. The number of aromatic amines is 1. The largest absolute Gasteiger partial charge is 0.493 e. The van der Waals surface area contributed by atoms with E-state index < -0.39 is 0 Å². The summed E-state index contributed by atoms with van der Waals surface area (Å²) in [5, 5.41) is 9.52. The Morgan fingerprint density at radius 1 is 1.28 bits per heavy atom. The quantitative estimate of drug-likeness (QED) is 0.576. The van der Waals surface area contributed by atoms with Gasteiger partial charge in [0.25, 0.3) is 5.56 Å². The van der Waals surface area contributed by atoms with Gasteiger partial charge >= 0.3 is 0 Å². The normalized spacial score (nSPS) is 14.0. The molecular formula is C21H20BrN3O3S. The lowest BCUT2D eigenvalue weighted by Gasteiger charge is -2.12. The second-order valence-corrected chi connectivity index (χ2v) is 8.89. The molecule has 0 atom stereocenters. The Morgan fingerprint density at radius 3 is 2.83 bits per heavy atom. The van der Waals surface area contributed by atoms with Gasteiger partial charge in [0.15, 0.2) is 18.1 Å². The molecule has 0 saturated carbocycles. The number of nitrogens with zero attached hydrogens (tertiary/aromatic N) is 2. The van der Waals surface area contributed by atoms with Crippen molar-refractivity contribution in [2.45, 2.75) is 38.5 Å². The molecule has 0 bridgehead atoms. The summed E-state index contributed by atoms with van der Waals surface area (Å²) in [7, 11) is 1.53. The number of thiophene rings is 1. The van der Waals surface area contributed by atoms with Gasteiger partial charge in [-0.1, -0.05) is 12.8 Å². The highest BCUT2D eigenvalue weighted by molar-refractivity contribution is 9.10. The lowest BCUT2D eigenvalue weighted by Crippen LogP contribution is -2.10. The van der Waals surface area contributed by atoms with Crippen LogP contribution in [0, 0.1) is 11.3 Å². The number of hydrogen-bond acceptors (Lipinski definition) is 6. The predicted molar refractivity (Wildman–Crippen MR) is 117 cm³/mol. The van der Waals surface area contributed by atoms with Crippen LogP contribution in [0.2, 0.25) is 0 Å². The number of benzene rings is 1. The van der Waals surface area contributed by atoms with Gasteiger partial charge in [-0.05, 0) is 59.3 Å². The molecular weight excluding hydrogens is 454 g/mol. The first-order chi connectivity index (χ1) is 14.1. The van der Waals surface area contributed by atoms with Gasteiger partial charge in [0, 0.05) is 10.4 Å². The van der Waals surface area contributed by atoms with Crippen LogP contribution in [0.5, 0.6) is 11.5 Å². The molecule has 6 nitrogen and oxygen atoms in total. The van der Waals surface area contributed by atoms with Gasteiger partial charge in [-0.15, -0.1) is 11.3 Å². The minimum absolute atomic E-state index is 0.0872. The van der Waals surface area contributed by atoms with Crippen LogP contribution in [0.25, 0.3) is 21.6 Å². The second-order valence-electron chi connectivity index (χ2n) is 6.95. The second kappa shape index (κ2) is 8.56. The van der Waals surface area contributed by atoms with Crippen LogP contribution in [-0.4, -0.2) is 23.7 Å². The third kappa shape index (κ3) is 3.89. The summed E-state index contributed by atoms with van der Waals surface area (Å²) in [6.07, 6.45) is 6.72. The van der Waals surface area contributed by atoms with Crippen molar-refractivity contribution in [3.05, 3.63) is 37.4 Å². The van der Waals surface area contributed by atoms with E-state index in [1.54, 1.807) is 17.4 Å². The van der Waals surface area contributed by atoms with Crippen LogP contribution < -0.4 is 15.0 Å². The maximum Gasteiger partial charge on any atom is 0.260 e. The minimum Gasteiger partial charge on any atom is -0.493 e. The highest BCUT2D eigenvalue weighted by Gasteiger charge is 2.20. The van der Waals surface area contributed by atoms with Gasteiger partial charge in [0.2, 0.25) is 0 Å². The van der Waals surface area contributed by atoms with E-state index in [4.69, 9.17) is 19.7 Å². The summed E-state index contributed by atoms with van der Waals surface area (Å²) in [4.78, 5) is 22.8. The molecule has 2 heterocycles. The van der Waals surface area contributed by atoms with E-state index in [-0.39, 0.29) is 12.2 Å². The van der Waals surface area contributed by atoms with Gasteiger partial charge in [-0.25, -0.2) is 4.98 Å². The maximum atomic E-state index is 13.0. The molecule has 0 fully saturated rings. The summed E-state index contributed by atoms with van der Waals surface area (Å²) < 4.78 is 11.5. The summed E-state index contributed by atoms with van der Waals surface area (Å²) >= 11 is 5.11. The highest BCUT2D eigenvalue weighted by atomic mass is 79.9. The van der Waals surface area contributed by atoms with E-state index >= 15 is 0 Å². The Labute approximate surface area is 180 Å². The van der Waals surface area contributed by atoms with E-state index in [0.717, 1.165) is 29.5 Å². The van der Waals surface area contributed by atoms with E-state index in [1.807, 2.05) is 12.1 Å². The first-order valence-electron chi connectivity index (χ1n) is 9.54. The third-order valence-corrected chi connectivity index (χ3v) is 6.88. The third-order valence-electron chi connectivity index (χ3n) is 5.11. The van der Waals surface area contributed by atoms with Crippen molar-refractivity contribution in [1.29, 1.82) is 5.26 Å². The Kier molecular flexibility index (Phi) is 5.88. The van der Waals surface area contributed by atoms with Crippen LogP contribution in [-0.2, 0) is 12.8 Å². The molecule has 4 rings (SSSR count). The number of H-pyrrole nitrogens is 1. The molecule has 2 aromatic heterocycles. The van der Waals surface area contributed by atoms with Gasteiger partial charge in [-0.2, -0.15) is 5.26 Å². The predicted octanol–water partition coefficient (Wildman–Crippen LogP) is 4.98. The fourth-order valence-electron chi connectivity index (χ4n) is 3.76. The first kappa shape index (κ1) is 19.9. The molecule has 1 aliphatic rings. The lowest BCUT2D eigenvalue weighted by atomic mass is 9.98. The Balaban J connectivity index is 1.82. The molecule has 0 spiro atoms. The molecule has 29 heavy (non-hydrogen) atoms. The molecule has 3 aromatic rings. The zero-order valence-corrected chi connectivity index (χ0v) is 18.4. The van der Waals surface area contributed by atoms with Crippen molar-refractivity contribution in [3.8, 4) is 29.0 Å². The highest BCUT2D eigenvalue weighted by Crippen LogP contribution is 2.39. The molecule has 0 unspecified atom stereocenters. The monoisotopic (exact) mass is 473 g/mol. The maximum absolute atomic E-state index is 13.0. The summed E-state index contributed by atoms with van der Waals surface area (Å²) in [6.45, 7) is -0.0872. The lowest BCUT2D eigenvalue weighted by molar-refractivity contribution is 0.328. The molecule has 0 radical (unpaired) electrons. The SMILES string of the molecule is COc1cc(-c2nc3sc4c(c3c(=O)[nH]2)CCCCCC4)cc(Br)c1OCC#N. The van der Waals surface area contributed by atoms with Crippen LogP contribution >= 0.6 is 27.3 Å². The van der Waals surface area contributed by atoms with Crippen LogP contribution in [0.15, 0.2) is 21.4 Å². The molecule has 1 aromatic carbocycles. The topological polar surface area (TPSA) is 88.0 Å². The van der Waals surface area contributed by atoms with Gasteiger partial charge < -0.3 is 14.5 Å². The molecule has 0 amide bonds. The van der Waals surface area contributed by atoms with Crippen LogP contribution in [0.3, 0.4) is 0 Å².